The molecule has 4 nitrogen and oxygen atoms in total. The zero-order valence-electron chi connectivity index (χ0n) is 7.85. The SMILES string of the molecule is Cl.O=S(c1ccnc(Cl)n1)[C@H]1CCNC1. The van der Waals surface area contributed by atoms with E-state index in [1.165, 1.54) is 6.20 Å². The van der Waals surface area contributed by atoms with Crippen molar-refractivity contribution < 1.29 is 4.21 Å². The molecule has 0 saturated carbocycles. The molecule has 15 heavy (non-hydrogen) atoms. The van der Waals surface area contributed by atoms with Crippen molar-refractivity contribution in [2.75, 3.05) is 13.1 Å². The summed E-state index contributed by atoms with van der Waals surface area (Å²) < 4.78 is 11.9. The molecule has 0 aliphatic carbocycles. The smallest absolute Gasteiger partial charge is 0.223 e. The van der Waals surface area contributed by atoms with Gasteiger partial charge in [-0.1, -0.05) is 0 Å². The van der Waals surface area contributed by atoms with Crippen molar-refractivity contribution in [2.45, 2.75) is 16.7 Å². The van der Waals surface area contributed by atoms with E-state index in [1.807, 2.05) is 0 Å². The molecule has 1 aromatic rings. The van der Waals surface area contributed by atoms with E-state index in [2.05, 4.69) is 15.3 Å². The van der Waals surface area contributed by atoms with Crippen LogP contribution in [0, 0.1) is 0 Å². The molecular formula is C8H11Cl2N3OS. The van der Waals surface area contributed by atoms with Gasteiger partial charge < -0.3 is 5.32 Å². The molecule has 0 aromatic carbocycles. The Morgan fingerprint density at radius 2 is 2.40 bits per heavy atom. The van der Waals surface area contributed by atoms with Crippen molar-refractivity contribution in [2.24, 2.45) is 0 Å². The average molecular weight is 268 g/mol. The fourth-order valence-corrected chi connectivity index (χ4v) is 2.92. The molecular weight excluding hydrogens is 257 g/mol. The third-order valence-corrected chi connectivity index (χ3v) is 3.95. The van der Waals surface area contributed by atoms with E-state index in [9.17, 15) is 4.21 Å². The lowest BCUT2D eigenvalue weighted by atomic mass is 10.4. The maximum absolute atomic E-state index is 11.9. The molecule has 1 fully saturated rings. The van der Waals surface area contributed by atoms with E-state index < -0.39 is 10.8 Å². The van der Waals surface area contributed by atoms with Crippen LogP contribution in [0.3, 0.4) is 0 Å². The van der Waals surface area contributed by atoms with Gasteiger partial charge in [-0.15, -0.1) is 12.4 Å². The molecule has 84 valence electrons. The molecule has 1 unspecified atom stereocenters. The van der Waals surface area contributed by atoms with Crippen LogP contribution in [0.5, 0.6) is 0 Å². The number of hydrogen-bond acceptors (Lipinski definition) is 4. The Kier molecular flexibility index (Phi) is 4.92. The summed E-state index contributed by atoms with van der Waals surface area (Å²) in [6.45, 7) is 1.71. The molecule has 1 saturated heterocycles. The van der Waals surface area contributed by atoms with E-state index in [0.29, 0.717) is 5.03 Å². The summed E-state index contributed by atoms with van der Waals surface area (Å²) in [5.41, 5.74) is 0. The Bertz CT molecular complexity index is 357. The highest BCUT2D eigenvalue weighted by Crippen LogP contribution is 2.14. The zero-order valence-corrected chi connectivity index (χ0v) is 10.2. The topological polar surface area (TPSA) is 54.9 Å². The second-order valence-corrected chi connectivity index (χ2v) is 5.09. The van der Waals surface area contributed by atoms with E-state index in [0.717, 1.165) is 19.5 Å². The highest BCUT2D eigenvalue weighted by Gasteiger charge is 2.23. The highest BCUT2D eigenvalue weighted by molar-refractivity contribution is 7.85. The monoisotopic (exact) mass is 267 g/mol. The number of nitrogens with one attached hydrogen (secondary N) is 1. The second kappa shape index (κ2) is 5.75. The average Bonchev–Trinajstić information content (AvgIpc) is 2.69. The van der Waals surface area contributed by atoms with Gasteiger partial charge in [0, 0.05) is 12.7 Å². The normalized spacial score (nSPS) is 22.1. The van der Waals surface area contributed by atoms with Crippen molar-refractivity contribution in [1.82, 2.24) is 15.3 Å². The van der Waals surface area contributed by atoms with Gasteiger partial charge in [0.1, 0.15) is 5.03 Å². The largest absolute Gasteiger partial charge is 0.315 e. The van der Waals surface area contributed by atoms with E-state index >= 15 is 0 Å². The van der Waals surface area contributed by atoms with Gasteiger partial charge in [0.25, 0.3) is 0 Å². The van der Waals surface area contributed by atoms with Gasteiger partial charge in [0.15, 0.2) is 0 Å². The Hall–Kier alpha value is -0.230. The van der Waals surface area contributed by atoms with Crippen LogP contribution in [0.2, 0.25) is 5.28 Å². The number of rotatable bonds is 2. The molecule has 2 heterocycles. The van der Waals surface area contributed by atoms with Crippen LogP contribution in [0.25, 0.3) is 0 Å². The molecule has 1 N–H and O–H groups in total. The standard InChI is InChI=1S/C8H10ClN3OS.ClH/c9-8-11-4-2-7(12-8)14(13)6-1-3-10-5-6;/h2,4,6,10H,1,3,5H2;1H/t6-,14?;/m0./s1. The number of nitrogens with zero attached hydrogens (tertiary/aromatic N) is 2. The van der Waals surface area contributed by atoms with E-state index in [1.54, 1.807) is 6.07 Å². The van der Waals surface area contributed by atoms with Gasteiger partial charge >= 0.3 is 0 Å². The summed E-state index contributed by atoms with van der Waals surface area (Å²) in [4.78, 5) is 7.70. The number of halogens is 2. The van der Waals surface area contributed by atoms with Crippen molar-refractivity contribution in [1.29, 1.82) is 0 Å². The zero-order chi connectivity index (χ0) is 9.97. The maximum Gasteiger partial charge on any atom is 0.223 e. The highest BCUT2D eigenvalue weighted by atomic mass is 35.5. The molecule has 0 bridgehead atoms. The van der Waals surface area contributed by atoms with Crippen LogP contribution in [0.15, 0.2) is 17.3 Å². The first kappa shape index (κ1) is 12.8. The molecule has 0 radical (unpaired) electrons. The van der Waals surface area contributed by atoms with Crippen LogP contribution < -0.4 is 5.32 Å². The predicted molar refractivity (Wildman–Crippen MR) is 62.0 cm³/mol. The third kappa shape index (κ3) is 3.11. The lowest BCUT2D eigenvalue weighted by Crippen LogP contribution is -2.19. The molecule has 1 aliphatic rings. The van der Waals surface area contributed by atoms with Crippen molar-refractivity contribution in [3.63, 3.8) is 0 Å². The van der Waals surface area contributed by atoms with E-state index in [4.69, 9.17) is 11.6 Å². The lowest BCUT2D eigenvalue weighted by Gasteiger charge is -2.06. The first-order chi connectivity index (χ1) is 6.77. The Balaban J connectivity index is 0.00000112. The fraction of sp³-hybridized carbons (Fsp3) is 0.500. The van der Waals surface area contributed by atoms with Crippen LogP contribution in [0.1, 0.15) is 6.42 Å². The quantitative estimate of drug-likeness (QED) is 0.642. The van der Waals surface area contributed by atoms with Crippen molar-refractivity contribution in [3.8, 4) is 0 Å². The van der Waals surface area contributed by atoms with Crippen molar-refractivity contribution >= 4 is 34.8 Å². The molecule has 1 aliphatic heterocycles. The Morgan fingerprint density at radius 1 is 1.60 bits per heavy atom. The molecule has 0 amide bonds. The molecule has 1 aromatic heterocycles. The fourth-order valence-electron chi connectivity index (χ4n) is 1.41. The van der Waals surface area contributed by atoms with Gasteiger partial charge in [0.05, 0.1) is 16.0 Å². The second-order valence-electron chi connectivity index (χ2n) is 3.08. The first-order valence-electron chi connectivity index (χ1n) is 4.37. The molecule has 2 atom stereocenters. The van der Waals surface area contributed by atoms with Crippen LogP contribution in [-0.4, -0.2) is 32.5 Å². The van der Waals surface area contributed by atoms with E-state index in [-0.39, 0.29) is 22.9 Å². The van der Waals surface area contributed by atoms with Crippen molar-refractivity contribution in [3.05, 3.63) is 17.5 Å². The van der Waals surface area contributed by atoms with Gasteiger partial charge in [-0.3, -0.25) is 4.21 Å². The van der Waals surface area contributed by atoms with Gasteiger partial charge in [0.2, 0.25) is 5.28 Å². The van der Waals surface area contributed by atoms with Gasteiger partial charge in [-0.2, -0.15) is 0 Å². The number of aromatic nitrogens is 2. The summed E-state index contributed by atoms with van der Waals surface area (Å²) in [6, 6.07) is 1.65. The predicted octanol–water partition coefficient (Wildman–Crippen LogP) is 1.02. The van der Waals surface area contributed by atoms with Crippen LogP contribution >= 0.6 is 24.0 Å². The minimum atomic E-state index is -1.07. The minimum Gasteiger partial charge on any atom is -0.315 e. The van der Waals surface area contributed by atoms with Crippen LogP contribution in [0.4, 0.5) is 0 Å². The Morgan fingerprint density at radius 3 is 3.00 bits per heavy atom. The van der Waals surface area contributed by atoms with Gasteiger partial charge in [-0.05, 0) is 30.6 Å². The van der Waals surface area contributed by atoms with Crippen LogP contribution in [-0.2, 0) is 10.8 Å². The summed E-state index contributed by atoms with van der Waals surface area (Å²) in [6.07, 6.45) is 2.46. The molecule has 2 rings (SSSR count). The number of hydrogen-bond donors (Lipinski definition) is 1. The molecule has 7 heteroatoms. The molecule has 0 spiro atoms. The minimum absolute atomic E-state index is 0. The Labute approximate surface area is 102 Å². The third-order valence-electron chi connectivity index (χ3n) is 2.12. The lowest BCUT2D eigenvalue weighted by molar-refractivity contribution is 0.669. The maximum atomic E-state index is 11.9. The first-order valence-corrected chi connectivity index (χ1v) is 5.96. The van der Waals surface area contributed by atoms with Gasteiger partial charge in [-0.25, -0.2) is 9.97 Å². The summed E-state index contributed by atoms with van der Waals surface area (Å²) >= 11 is 5.62. The summed E-state index contributed by atoms with van der Waals surface area (Å²) in [7, 11) is -1.07. The summed E-state index contributed by atoms with van der Waals surface area (Å²) in [5.74, 6) is 0. The summed E-state index contributed by atoms with van der Waals surface area (Å²) in [5, 5.41) is 4.00.